The van der Waals surface area contributed by atoms with E-state index in [-0.39, 0.29) is 17.9 Å². The van der Waals surface area contributed by atoms with E-state index in [9.17, 15) is 9.59 Å². The van der Waals surface area contributed by atoms with E-state index in [4.69, 9.17) is 4.42 Å². The molecule has 0 spiro atoms. The maximum atomic E-state index is 12.6. The maximum absolute atomic E-state index is 12.6. The highest BCUT2D eigenvalue weighted by Crippen LogP contribution is 2.16. The van der Waals surface area contributed by atoms with Gasteiger partial charge in [-0.15, -0.1) is 0 Å². The molecule has 1 aromatic heterocycles. The van der Waals surface area contributed by atoms with Crippen molar-refractivity contribution >= 4 is 17.5 Å². The first-order chi connectivity index (χ1) is 12.9. The van der Waals surface area contributed by atoms with Gasteiger partial charge in [-0.05, 0) is 57.1 Å². The van der Waals surface area contributed by atoms with E-state index in [1.54, 1.807) is 42.7 Å². The highest BCUT2D eigenvalue weighted by Gasteiger charge is 2.20. The Morgan fingerprint density at radius 2 is 1.85 bits per heavy atom. The van der Waals surface area contributed by atoms with Crippen molar-refractivity contribution in [3.8, 4) is 0 Å². The average Bonchev–Trinajstić information content (AvgIpc) is 3.17. The molecule has 2 rings (SSSR count). The van der Waals surface area contributed by atoms with Gasteiger partial charge in [-0.2, -0.15) is 0 Å². The Morgan fingerprint density at radius 1 is 1.11 bits per heavy atom. The Bertz CT molecular complexity index is 741. The van der Waals surface area contributed by atoms with E-state index < -0.39 is 0 Å². The summed E-state index contributed by atoms with van der Waals surface area (Å²) in [5, 5.41) is 5.69. The van der Waals surface area contributed by atoms with Crippen molar-refractivity contribution in [1.29, 1.82) is 0 Å². The fourth-order valence-electron chi connectivity index (χ4n) is 2.56. The third-order valence-electron chi connectivity index (χ3n) is 4.53. The van der Waals surface area contributed by atoms with Gasteiger partial charge in [-0.1, -0.05) is 26.0 Å². The number of anilines is 1. The molecule has 1 aromatic carbocycles. The lowest BCUT2D eigenvalue weighted by atomic mass is 10.1. The van der Waals surface area contributed by atoms with E-state index in [1.807, 2.05) is 18.9 Å². The number of nitrogens with zero attached hydrogens (tertiary/aromatic N) is 1. The van der Waals surface area contributed by atoms with Crippen LogP contribution < -0.4 is 10.6 Å². The highest BCUT2D eigenvalue weighted by atomic mass is 16.3. The Hall–Kier alpha value is -2.60. The molecule has 2 aromatic rings. The Kier molecular flexibility index (Phi) is 7.61. The molecular formula is C21H29N3O3. The molecule has 2 amide bonds. The summed E-state index contributed by atoms with van der Waals surface area (Å²) in [4.78, 5) is 27.2. The minimum absolute atomic E-state index is 0.132. The van der Waals surface area contributed by atoms with Gasteiger partial charge in [0.2, 0.25) is 5.91 Å². The van der Waals surface area contributed by atoms with Gasteiger partial charge >= 0.3 is 0 Å². The fraction of sp³-hybridized carbons (Fsp3) is 0.429. The number of amides is 2. The Labute approximate surface area is 160 Å². The summed E-state index contributed by atoms with van der Waals surface area (Å²) < 4.78 is 5.22. The van der Waals surface area contributed by atoms with Crippen molar-refractivity contribution in [2.45, 2.75) is 39.8 Å². The van der Waals surface area contributed by atoms with Crippen molar-refractivity contribution in [3.63, 3.8) is 0 Å². The van der Waals surface area contributed by atoms with Crippen LogP contribution in [0.15, 0.2) is 47.1 Å². The largest absolute Gasteiger partial charge is 0.467 e. The monoisotopic (exact) mass is 371 g/mol. The van der Waals surface area contributed by atoms with Gasteiger partial charge in [0.05, 0.1) is 30.1 Å². The first-order valence-electron chi connectivity index (χ1n) is 9.29. The molecule has 27 heavy (non-hydrogen) atoms. The summed E-state index contributed by atoms with van der Waals surface area (Å²) in [6.07, 6.45) is 2.59. The number of likely N-dealkylation sites (N-methyl/N-ethyl adjacent to an activating group) is 1. The zero-order valence-electron chi connectivity index (χ0n) is 16.5. The van der Waals surface area contributed by atoms with E-state index in [0.717, 1.165) is 13.0 Å². The van der Waals surface area contributed by atoms with Crippen LogP contribution in [0.3, 0.4) is 0 Å². The van der Waals surface area contributed by atoms with Gasteiger partial charge in [0, 0.05) is 0 Å². The number of para-hydroxylation sites is 1. The molecule has 1 atom stereocenters. The van der Waals surface area contributed by atoms with Crippen molar-refractivity contribution in [3.05, 3.63) is 54.0 Å². The summed E-state index contributed by atoms with van der Waals surface area (Å²) in [5.74, 6) is 0.863. The lowest BCUT2D eigenvalue weighted by Gasteiger charge is -2.25. The van der Waals surface area contributed by atoms with Crippen LogP contribution in [-0.4, -0.2) is 36.3 Å². The maximum Gasteiger partial charge on any atom is 0.253 e. The number of benzene rings is 1. The van der Waals surface area contributed by atoms with Crippen molar-refractivity contribution in [1.82, 2.24) is 10.2 Å². The molecule has 0 aliphatic carbocycles. The third-order valence-corrected chi connectivity index (χ3v) is 4.53. The van der Waals surface area contributed by atoms with Crippen LogP contribution in [-0.2, 0) is 11.3 Å². The molecule has 1 heterocycles. The molecule has 146 valence electrons. The summed E-state index contributed by atoms with van der Waals surface area (Å²) in [5.41, 5.74) is 0.929. The number of hydrogen-bond donors (Lipinski definition) is 2. The lowest BCUT2D eigenvalue weighted by Crippen LogP contribution is -2.40. The van der Waals surface area contributed by atoms with E-state index in [1.165, 1.54) is 0 Å². The third kappa shape index (κ3) is 6.25. The molecule has 0 bridgehead atoms. The summed E-state index contributed by atoms with van der Waals surface area (Å²) >= 11 is 0. The number of carbonyl (C=O) groups excluding carboxylic acids is 2. The number of carbonyl (C=O) groups is 2. The zero-order chi connectivity index (χ0) is 19.8. The van der Waals surface area contributed by atoms with Crippen LogP contribution in [0, 0.1) is 5.92 Å². The predicted molar refractivity (Wildman–Crippen MR) is 106 cm³/mol. The quantitative estimate of drug-likeness (QED) is 0.707. The summed E-state index contributed by atoms with van der Waals surface area (Å²) in [6, 6.07) is 10.3. The van der Waals surface area contributed by atoms with Crippen molar-refractivity contribution in [2.75, 3.05) is 18.9 Å². The van der Waals surface area contributed by atoms with Gasteiger partial charge in [-0.25, -0.2) is 0 Å². The Morgan fingerprint density at radius 3 is 2.52 bits per heavy atom. The predicted octanol–water partition coefficient (Wildman–Crippen LogP) is 3.51. The van der Waals surface area contributed by atoms with Crippen LogP contribution >= 0.6 is 0 Å². The van der Waals surface area contributed by atoms with E-state index >= 15 is 0 Å². The minimum atomic E-state index is -0.289. The van der Waals surface area contributed by atoms with Gasteiger partial charge < -0.3 is 15.1 Å². The molecule has 1 unspecified atom stereocenters. The first kappa shape index (κ1) is 20.7. The minimum Gasteiger partial charge on any atom is -0.467 e. The second-order valence-corrected chi connectivity index (χ2v) is 7.14. The van der Waals surface area contributed by atoms with Gasteiger partial charge in [0.1, 0.15) is 5.76 Å². The lowest BCUT2D eigenvalue weighted by molar-refractivity contribution is -0.120. The highest BCUT2D eigenvalue weighted by molar-refractivity contribution is 6.04. The Balaban J connectivity index is 1.99. The molecule has 2 N–H and O–H groups in total. The molecule has 0 saturated heterocycles. The number of hydrogen-bond acceptors (Lipinski definition) is 4. The van der Waals surface area contributed by atoms with E-state index in [0.29, 0.717) is 29.5 Å². The molecule has 0 aliphatic rings. The fourth-order valence-corrected chi connectivity index (χ4v) is 2.56. The molecule has 0 aliphatic heterocycles. The van der Waals surface area contributed by atoms with Gasteiger partial charge in [-0.3, -0.25) is 14.5 Å². The number of nitrogens with one attached hydrogen (secondary N) is 2. The summed E-state index contributed by atoms with van der Waals surface area (Å²) in [6.45, 7) is 7.33. The van der Waals surface area contributed by atoms with Crippen molar-refractivity contribution in [2.24, 2.45) is 5.92 Å². The van der Waals surface area contributed by atoms with Gasteiger partial charge in [0.25, 0.3) is 5.91 Å². The molecule has 6 heteroatoms. The molecule has 0 fully saturated rings. The van der Waals surface area contributed by atoms with Gasteiger partial charge in [0.15, 0.2) is 0 Å². The van der Waals surface area contributed by atoms with Crippen LogP contribution in [0.4, 0.5) is 5.69 Å². The van der Waals surface area contributed by atoms with Crippen LogP contribution in [0.2, 0.25) is 0 Å². The van der Waals surface area contributed by atoms with Crippen molar-refractivity contribution < 1.29 is 14.0 Å². The SMILES string of the molecule is CC(C)CCN(C)C(C)C(=O)Nc1ccccc1C(=O)NCc1ccco1. The van der Waals surface area contributed by atoms with E-state index in [2.05, 4.69) is 24.5 Å². The smallest absolute Gasteiger partial charge is 0.253 e. The molecule has 6 nitrogen and oxygen atoms in total. The van der Waals surface area contributed by atoms with Crippen LogP contribution in [0.5, 0.6) is 0 Å². The summed E-state index contributed by atoms with van der Waals surface area (Å²) in [7, 11) is 1.94. The number of rotatable bonds is 9. The first-order valence-corrected chi connectivity index (χ1v) is 9.29. The second-order valence-electron chi connectivity index (χ2n) is 7.14. The normalized spacial score (nSPS) is 12.2. The number of furan rings is 1. The standard InChI is InChI=1S/C21H29N3O3/c1-15(2)11-12-24(4)16(3)20(25)23-19-10-6-5-9-18(19)21(26)22-14-17-8-7-13-27-17/h5-10,13,15-16H,11-12,14H2,1-4H3,(H,22,26)(H,23,25). The zero-order valence-corrected chi connectivity index (χ0v) is 16.5. The average molecular weight is 371 g/mol. The second kappa shape index (κ2) is 9.92. The van der Waals surface area contributed by atoms with Crippen LogP contribution in [0.25, 0.3) is 0 Å². The van der Waals surface area contributed by atoms with Crippen LogP contribution in [0.1, 0.15) is 43.3 Å². The topological polar surface area (TPSA) is 74.6 Å². The molecule has 0 radical (unpaired) electrons. The molecular weight excluding hydrogens is 342 g/mol. The molecule has 0 saturated carbocycles.